The fourth-order valence-corrected chi connectivity index (χ4v) is 1.92. The number of hydrogen-bond donors (Lipinski definition) is 1. The van der Waals surface area contributed by atoms with E-state index in [-0.39, 0.29) is 5.56 Å². The fourth-order valence-electron chi connectivity index (χ4n) is 1.43. The monoisotopic (exact) mass is 312 g/mol. The molecule has 0 saturated carbocycles. The van der Waals surface area contributed by atoms with Crippen molar-refractivity contribution in [3.63, 3.8) is 0 Å². The van der Waals surface area contributed by atoms with Gasteiger partial charge in [0.2, 0.25) is 0 Å². The van der Waals surface area contributed by atoms with Gasteiger partial charge in [-0.05, 0) is 48.0 Å². The Morgan fingerprint density at radius 1 is 1.35 bits per heavy atom. The molecule has 17 heavy (non-hydrogen) atoms. The highest BCUT2D eigenvalue weighted by molar-refractivity contribution is 9.10. The molecule has 2 aromatic rings. The van der Waals surface area contributed by atoms with E-state index < -0.39 is 0 Å². The van der Waals surface area contributed by atoms with E-state index in [0.29, 0.717) is 16.4 Å². The molecule has 0 saturated heterocycles. The van der Waals surface area contributed by atoms with Crippen molar-refractivity contribution in [2.75, 3.05) is 0 Å². The molecule has 0 fully saturated rings. The van der Waals surface area contributed by atoms with Crippen LogP contribution in [0.2, 0.25) is 5.02 Å². The molecule has 0 aliphatic heterocycles. The molecule has 0 bridgehead atoms. The third kappa shape index (κ3) is 2.42. The largest absolute Gasteiger partial charge is 0.306 e. The molecule has 0 spiro atoms. The van der Waals surface area contributed by atoms with Gasteiger partial charge in [0.1, 0.15) is 5.82 Å². The average molecular weight is 314 g/mol. The van der Waals surface area contributed by atoms with E-state index in [1.54, 1.807) is 13.0 Å². The molecular weight excluding hydrogens is 304 g/mol. The summed E-state index contributed by atoms with van der Waals surface area (Å²) < 4.78 is 0.776. The first kappa shape index (κ1) is 12.3. The van der Waals surface area contributed by atoms with Crippen molar-refractivity contribution in [3.8, 4) is 11.4 Å². The van der Waals surface area contributed by atoms with Crippen molar-refractivity contribution in [1.29, 1.82) is 0 Å². The van der Waals surface area contributed by atoms with Crippen molar-refractivity contribution in [2.24, 2.45) is 0 Å². The number of benzene rings is 1. The lowest BCUT2D eigenvalue weighted by Gasteiger charge is -2.05. The Hall–Kier alpha value is -1.13. The maximum absolute atomic E-state index is 11.7. The maximum atomic E-state index is 11.7. The van der Waals surface area contributed by atoms with Gasteiger partial charge in [0.15, 0.2) is 0 Å². The molecule has 2 rings (SSSR count). The van der Waals surface area contributed by atoms with E-state index in [4.69, 9.17) is 11.6 Å². The Morgan fingerprint density at radius 2 is 2.06 bits per heavy atom. The fraction of sp³-hybridized carbons (Fsp3) is 0.167. The second-order valence-electron chi connectivity index (χ2n) is 3.75. The lowest BCUT2D eigenvalue weighted by atomic mass is 10.2. The smallest absolute Gasteiger partial charge is 0.254 e. The van der Waals surface area contributed by atoms with Crippen LogP contribution >= 0.6 is 27.5 Å². The standard InChI is InChI=1S/C12H10BrClN2O/c1-6-7(2)15-11(16-12(6)17)8-3-4-10(14)9(13)5-8/h3-5H,1-2H3,(H,15,16,17). The third-order valence-corrected chi connectivity index (χ3v) is 3.80. The number of aromatic amines is 1. The molecule has 1 N–H and O–H groups in total. The zero-order valence-electron chi connectivity index (χ0n) is 9.34. The van der Waals surface area contributed by atoms with Crippen molar-refractivity contribution >= 4 is 27.5 Å². The number of H-pyrrole nitrogens is 1. The van der Waals surface area contributed by atoms with Gasteiger partial charge < -0.3 is 4.98 Å². The molecule has 5 heteroatoms. The van der Waals surface area contributed by atoms with E-state index in [1.807, 2.05) is 19.1 Å². The van der Waals surface area contributed by atoms with Crippen LogP contribution in [0.1, 0.15) is 11.3 Å². The minimum atomic E-state index is -0.112. The normalized spacial score (nSPS) is 10.6. The van der Waals surface area contributed by atoms with Crippen LogP contribution in [0.5, 0.6) is 0 Å². The lowest BCUT2D eigenvalue weighted by Crippen LogP contribution is -2.14. The second-order valence-corrected chi connectivity index (χ2v) is 5.02. The van der Waals surface area contributed by atoms with Crippen LogP contribution in [0.15, 0.2) is 27.5 Å². The lowest BCUT2D eigenvalue weighted by molar-refractivity contribution is 1.03. The number of nitrogens with one attached hydrogen (secondary N) is 1. The van der Waals surface area contributed by atoms with Crippen LogP contribution in [0, 0.1) is 13.8 Å². The molecule has 0 atom stereocenters. The number of halogens is 2. The number of aromatic nitrogens is 2. The Kier molecular flexibility index (Phi) is 3.35. The summed E-state index contributed by atoms with van der Waals surface area (Å²) in [6.45, 7) is 3.57. The quantitative estimate of drug-likeness (QED) is 0.876. The highest BCUT2D eigenvalue weighted by Gasteiger charge is 2.07. The topological polar surface area (TPSA) is 45.8 Å². The van der Waals surface area contributed by atoms with Gasteiger partial charge in [-0.2, -0.15) is 0 Å². The third-order valence-electron chi connectivity index (χ3n) is 2.59. The van der Waals surface area contributed by atoms with Crippen LogP contribution in [0.3, 0.4) is 0 Å². The van der Waals surface area contributed by atoms with Gasteiger partial charge in [0.05, 0.1) is 5.02 Å². The first-order chi connectivity index (χ1) is 7.99. The van der Waals surface area contributed by atoms with E-state index in [1.165, 1.54) is 0 Å². The molecule has 0 aliphatic rings. The molecule has 1 heterocycles. The van der Waals surface area contributed by atoms with Crippen LogP contribution in [-0.4, -0.2) is 9.97 Å². The van der Waals surface area contributed by atoms with Crippen LogP contribution in [0.4, 0.5) is 0 Å². The van der Waals surface area contributed by atoms with Gasteiger partial charge in [-0.3, -0.25) is 4.79 Å². The first-order valence-corrected chi connectivity index (χ1v) is 6.19. The van der Waals surface area contributed by atoms with Crippen molar-refractivity contribution in [3.05, 3.63) is 49.3 Å². The molecule has 1 aromatic heterocycles. The molecule has 0 unspecified atom stereocenters. The Bertz CT molecular complexity index is 637. The van der Waals surface area contributed by atoms with E-state index >= 15 is 0 Å². The van der Waals surface area contributed by atoms with Gasteiger partial charge in [-0.15, -0.1) is 0 Å². The van der Waals surface area contributed by atoms with Gasteiger partial charge in [0.25, 0.3) is 5.56 Å². The Balaban J connectivity index is 2.61. The van der Waals surface area contributed by atoms with Gasteiger partial charge in [-0.1, -0.05) is 11.6 Å². The first-order valence-electron chi connectivity index (χ1n) is 5.02. The molecule has 1 aromatic carbocycles. The van der Waals surface area contributed by atoms with E-state index in [0.717, 1.165) is 15.7 Å². The zero-order valence-corrected chi connectivity index (χ0v) is 11.7. The number of rotatable bonds is 1. The van der Waals surface area contributed by atoms with Crippen LogP contribution in [-0.2, 0) is 0 Å². The maximum Gasteiger partial charge on any atom is 0.254 e. The highest BCUT2D eigenvalue weighted by Crippen LogP contribution is 2.26. The van der Waals surface area contributed by atoms with Gasteiger partial charge >= 0.3 is 0 Å². The van der Waals surface area contributed by atoms with E-state index in [9.17, 15) is 4.79 Å². The summed E-state index contributed by atoms with van der Waals surface area (Å²) in [5.74, 6) is 0.551. The van der Waals surface area contributed by atoms with E-state index in [2.05, 4.69) is 25.9 Å². The summed E-state index contributed by atoms with van der Waals surface area (Å²) in [5, 5.41) is 0.625. The minimum absolute atomic E-state index is 0.112. The van der Waals surface area contributed by atoms with Crippen molar-refractivity contribution < 1.29 is 0 Å². The van der Waals surface area contributed by atoms with Gasteiger partial charge in [-0.25, -0.2) is 4.98 Å². The molecule has 0 aliphatic carbocycles. The summed E-state index contributed by atoms with van der Waals surface area (Å²) >= 11 is 9.26. The number of aryl methyl sites for hydroxylation is 1. The minimum Gasteiger partial charge on any atom is -0.306 e. The predicted octanol–water partition coefficient (Wildman–Crippen LogP) is 3.47. The highest BCUT2D eigenvalue weighted by atomic mass is 79.9. The molecule has 88 valence electrons. The zero-order chi connectivity index (χ0) is 12.6. The summed E-state index contributed by atoms with van der Waals surface area (Å²) in [7, 11) is 0. The molecular formula is C12H10BrClN2O. The van der Waals surface area contributed by atoms with Crippen molar-refractivity contribution in [1.82, 2.24) is 9.97 Å². The van der Waals surface area contributed by atoms with Crippen LogP contribution in [0.25, 0.3) is 11.4 Å². The predicted molar refractivity (Wildman–Crippen MR) is 72.5 cm³/mol. The van der Waals surface area contributed by atoms with Crippen molar-refractivity contribution in [2.45, 2.75) is 13.8 Å². The second kappa shape index (κ2) is 4.63. The molecule has 0 amide bonds. The number of nitrogens with zero attached hydrogens (tertiary/aromatic N) is 1. The summed E-state index contributed by atoms with van der Waals surface area (Å²) in [6, 6.07) is 5.41. The molecule has 0 radical (unpaired) electrons. The molecule has 3 nitrogen and oxygen atoms in total. The number of hydrogen-bond acceptors (Lipinski definition) is 2. The average Bonchev–Trinajstić information content (AvgIpc) is 2.29. The summed E-state index contributed by atoms with van der Waals surface area (Å²) in [6.07, 6.45) is 0. The summed E-state index contributed by atoms with van der Waals surface area (Å²) in [4.78, 5) is 18.8. The SMILES string of the molecule is Cc1nc(-c2ccc(Cl)c(Br)c2)[nH]c(=O)c1C. The van der Waals surface area contributed by atoms with Crippen LogP contribution < -0.4 is 5.56 Å². The Labute approximate surface area is 112 Å². The van der Waals surface area contributed by atoms with Gasteiger partial charge in [0, 0.05) is 21.3 Å². The summed E-state index contributed by atoms with van der Waals surface area (Å²) in [5.41, 5.74) is 2.08. The Morgan fingerprint density at radius 3 is 2.65 bits per heavy atom.